The summed E-state index contributed by atoms with van der Waals surface area (Å²) in [7, 11) is 0. The van der Waals surface area contributed by atoms with Gasteiger partial charge in [0.25, 0.3) is 5.91 Å². The van der Waals surface area contributed by atoms with Gasteiger partial charge in [-0.2, -0.15) is 5.10 Å². The number of halogens is 1. The summed E-state index contributed by atoms with van der Waals surface area (Å²) < 4.78 is 13.2. The average molecular weight is 346 g/mol. The van der Waals surface area contributed by atoms with Gasteiger partial charge in [-0.15, -0.1) is 0 Å². The highest BCUT2D eigenvalue weighted by molar-refractivity contribution is 5.97. The average Bonchev–Trinajstić information content (AvgIpc) is 3.15. The fourth-order valence-electron chi connectivity index (χ4n) is 2.82. The van der Waals surface area contributed by atoms with Crippen LogP contribution in [0.5, 0.6) is 0 Å². The third-order valence-corrected chi connectivity index (χ3v) is 4.16. The second-order valence-corrected chi connectivity index (χ2v) is 5.86. The van der Waals surface area contributed by atoms with Gasteiger partial charge in [-0.25, -0.2) is 4.39 Å². The van der Waals surface area contributed by atoms with Crippen LogP contribution in [-0.4, -0.2) is 21.1 Å². The number of aromatic nitrogens is 3. The molecule has 0 fully saturated rings. The minimum Gasteiger partial charge on any atom is -0.346 e. The van der Waals surface area contributed by atoms with Gasteiger partial charge in [0, 0.05) is 22.7 Å². The van der Waals surface area contributed by atoms with Crippen LogP contribution < -0.4 is 5.32 Å². The summed E-state index contributed by atoms with van der Waals surface area (Å²) in [4.78, 5) is 16.8. The van der Waals surface area contributed by atoms with Crippen LogP contribution in [0, 0.1) is 5.82 Å². The number of hydrogen-bond acceptors (Lipinski definition) is 3. The molecule has 0 saturated heterocycles. The maximum atomic E-state index is 13.2. The predicted molar refractivity (Wildman–Crippen MR) is 96.9 cm³/mol. The molecule has 0 aliphatic carbocycles. The Labute approximate surface area is 148 Å². The number of nitrogens with zero attached hydrogens (tertiary/aromatic N) is 2. The SMILES string of the molecule is O=C(NCc1ncccc1-c1ccc(F)cc1)c1ccc2[nH]ncc2c1. The standard InChI is InChI=1S/C20H15FN4O/c21-16-6-3-13(4-7-16)17-2-1-9-22-19(17)12-23-20(26)14-5-8-18-15(10-14)11-24-25-18/h1-11H,12H2,(H,23,26)(H,24,25). The number of aromatic amines is 1. The number of pyridine rings is 1. The normalized spacial score (nSPS) is 10.8. The fraction of sp³-hybridized carbons (Fsp3) is 0.0500. The van der Waals surface area contributed by atoms with Gasteiger partial charge in [0.15, 0.2) is 0 Å². The lowest BCUT2D eigenvalue weighted by Gasteiger charge is -2.10. The van der Waals surface area contributed by atoms with E-state index in [-0.39, 0.29) is 18.3 Å². The lowest BCUT2D eigenvalue weighted by atomic mass is 10.0. The van der Waals surface area contributed by atoms with E-state index in [1.807, 2.05) is 18.2 Å². The van der Waals surface area contributed by atoms with Gasteiger partial charge in [0.1, 0.15) is 5.82 Å². The first kappa shape index (κ1) is 16.0. The largest absolute Gasteiger partial charge is 0.346 e. The third-order valence-electron chi connectivity index (χ3n) is 4.16. The van der Waals surface area contributed by atoms with E-state index in [4.69, 9.17) is 0 Å². The maximum absolute atomic E-state index is 13.2. The van der Waals surface area contributed by atoms with E-state index in [1.165, 1.54) is 12.1 Å². The number of fused-ring (bicyclic) bond motifs is 1. The summed E-state index contributed by atoms with van der Waals surface area (Å²) in [5.74, 6) is -0.481. The first-order valence-electron chi connectivity index (χ1n) is 8.12. The Kier molecular flexibility index (Phi) is 4.15. The molecule has 2 N–H and O–H groups in total. The zero-order valence-corrected chi connectivity index (χ0v) is 13.7. The Morgan fingerprint density at radius 3 is 2.81 bits per heavy atom. The molecular weight excluding hydrogens is 331 g/mol. The Hall–Kier alpha value is -3.54. The Morgan fingerprint density at radius 2 is 1.96 bits per heavy atom. The highest BCUT2D eigenvalue weighted by Gasteiger charge is 2.10. The zero-order valence-electron chi connectivity index (χ0n) is 13.7. The molecule has 5 nitrogen and oxygen atoms in total. The van der Waals surface area contributed by atoms with E-state index < -0.39 is 0 Å². The molecule has 2 heterocycles. The van der Waals surface area contributed by atoms with Crippen molar-refractivity contribution in [1.29, 1.82) is 0 Å². The molecule has 128 valence electrons. The second-order valence-electron chi connectivity index (χ2n) is 5.86. The van der Waals surface area contributed by atoms with Crippen LogP contribution in [0.1, 0.15) is 16.1 Å². The van der Waals surface area contributed by atoms with Gasteiger partial charge in [0.05, 0.1) is 24.0 Å². The van der Waals surface area contributed by atoms with Gasteiger partial charge < -0.3 is 5.32 Å². The number of carbonyl (C=O) groups excluding carboxylic acids is 1. The first-order valence-corrected chi connectivity index (χ1v) is 8.12. The summed E-state index contributed by atoms with van der Waals surface area (Å²) in [5, 5.41) is 10.6. The smallest absolute Gasteiger partial charge is 0.251 e. The van der Waals surface area contributed by atoms with Gasteiger partial charge in [-0.3, -0.25) is 14.9 Å². The number of carbonyl (C=O) groups is 1. The van der Waals surface area contributed by atoms with E-state index in [0.29, 0.717) is 5.56 Å². The maximum Gasteiger partial charge on any atom is 0.251 e. The van der Waals surface area contributed by atoms with Crippen molar-refractivity contribution < 1.29 is 9.18 Å². The lowest BCUT2D eigenvalue weighted by molar-refractivity contribution is 0.0950. The summed E-state index contributed by atoms with van der Waals surface area (Å²) in [6.07, 6.45) is 3.35. The molecule has 0 aliphatic heterocycles. The first-order chi connectivity index (χ1) is 12.7. The van der Waals surface area contributed by atoms with Crippen molar-refractivity contribution in [3.63, 3.8) is 0 Å². The van der Waals surface area contributed by atoms with Crippen LogP contribution >= 0.6 is 0 Å². The molecule has 0 bridgehead atoms. The van der Waals surface area contributed by atoms with Crippen LogP contribution in [0.2, 0.25) is 0 Å². The molecule has 2 aromatic heterocycles. The molecule has 0 unspecified atom stereocenters. The van der Waals surface area contributed by atoms with Crippen molar-refractivity contribution in [1.82, 2.24) is 20.5 Å². The van der Waals surface area contributed by atoms with E-state index in [0.717, 1.165) is 27.7 Å². The van der Waals surface area contributed by atoms with E-state index in [1.54, 1.807) is 36.7 Å². The van der Waals surface area contributed by atoms with Crippen molar-refractivity contribution in [2.24, 2.45) is 0 Å². The molecule has 0 atom stereocenters. The minimum atomic E-state index is -0.290. The Balaban J connectivity index is 1.54. The molecule has 6 heteroatoms. The van der Waals surface area contributed by atoms with Crippen LogP contribution in [0.25, 0.3) is 22.0 Å². The summed E-state index contributed by atoms with van der Waals surface area (Å²) in [6.45, 7) is 0.274. The number of rotatable bonds is 4. The number of hydrogen-bond donors (Lipinski definition) is 2. The summed E-state index contributed by atoms with van der Waals surface area (Å²) >= 11 is 0. The molecule has 0 aliphatic rings. The highest BCUT2D eigenvalue weighted by Crippen LogP contribution is 2.22. The second kappa shape index (κ2) is 6.76. The van der Waals surface area contributed by atoms with Crippen LogP contribution in [0.4, 0.5) is 4.39 Å². The molecular formula is C20H15FN4O. The van der Waals surface area contributed by atoms with Gasteiger partial charge >= 0.3 is 0 Å². The zero-order chi connectivity index (χ0) is 17.9. The monoisotopic (exact) mass is 346 g/mol. The van der Waals surface area contributed by atoms with Crippen molar-refractivity contribution in [2.75, 3.05) is 0 Å². The number of amides is 1. The van der Waals surface area contributed by atoms with E-state index in [2.05, 4.69) is 20.5 Å². The number of benzene rings is 2. The summed E-state index contributed by atoms with van der Waals surface area (Å²) in [5.41, 5.74) is 3.86. The quantitative estimate of drug-likeness (QED) is 0.592. The van der Waals surface area contributed by atoms with Gasteiger partial charge in [0.2, 0.25) is 0 Å². The number of H-pyrrole nitrogens is 1. The third kappa shape index (κ3) is 3.17. The van der Waals surface area contributed by atoms with Gasteiger partial charge in [-0.05, 0) is 42.0 Å². The van der Waals surface area contributed by atoms with Crippen LogP contribution in [0.3, 0.4) is 0 Å². The summed E-state index contributed by atoms with van der Waals surface area (Å²) in [6, 6.07) is 15.3. The topological polar surface area (TPSA) is 70.7 Å². The van der Waals surface area contributed by atoms with Crippen LogP contribution in [0.15, 0.2) is 67.0 Å². The van der Waals surface area contributed by atoms with Crippen molar-refractivity contribution in [3.8, 4) is 11.1 Å². The fourth-order valence-corrected chi connectivity index (χ4v) is 2.82. The molecule has 26 heavy (non-hydrogen) atoms. The minimum absolute atomic E-state index is 0.191. The highest BCUT2D eigenvalue weighted by atomic mass is 19.1. The number of nitrogens with one attached hydrogen (secondary N) is 2. The molecule has 0 saturated carbocycles. The van der Waals surface area contributed by atoms with E-state index in [9.17, 15) is 9.18 Å². The van der Waals surface area contributed by atoms with Crippen molar-refractivity contribution in [2.45, 2.75) is 6.54 Å². The molecule has 4 aromatic rings. The Bertz CT molecular complexity index is 1070. The molecule has 0 spiro atoms. The van der Waals surface area contributed by atoms with Crippen molar-refractivity contribution >= 4 is 16.8 Å². The van der Waals surface area contributed by atoms with Gasteiger partial charge in [-0.1, -0.05) is 18.2 Å². The molecule has 4 rings (SSSR count). The lowest BCUT2D eigenvalue weighted by Crippen LogP contribution is -2.23. The molecule has 0 radical (unpaired) electrons. The van der Waals surface area contributed by atoms with E-state index >= 15 is 0 Å². The molecule has 2 aromatic carbocycles. The van der Waals surface area contributed by atoms with Crippen LogP contribution in [-0.2, 0) is 6.54 Å². The Morgan fingerprint density at radius 1 is 1.12 bits per heavy atom. The molecule has 1 amide bonds. The predicted octanol–water partition coefficient (Wildman–Crippen LogP) is 3.69. The van der Waals surface area contributed by atoms with Crippen molar-refractivity contribution in [3.05, 3.63) is 84.1 Å².